The number of phenolic OH excluding ortho intramolecular Hbond substituents is 1. The van der Waals surface area contributed by atoms with Crippen LogP contribution in [0.25, 0.3) is 0 Å². The van der Waals surface area contributed by atoms with Gasteiger partial charge in [-0.3, -0.25) is 0 Å². The van der Waals surface area contributed by atoms with Crippen molar-refractivity contribution in [3.8, 4) is 5.75 Å². The molecule has 0 amide bonds. The molecule has 1 aliphatic heterocycles. The monoisotopic (exact) mass is 179 g/mol. The SMILES string of the molecule is COC1(c2cccc(O)c2)CNC1. The van der Waals surface area contributed by atoms with Crippen LogP contribution >= 0.6 is 0 Å². The fraction of sp³-hybridized carbons (Fsp3) is 0.400. The van der Waals surface area contributed by atoms with Crippen molar-refractivity contribution in [2.75, 3.05) is 20.2 Å². The zero-order valence-corrected chi connectivity index (χ0v) is 7.58. The van der Waals surface area contributed by atoms with E-state index in [0.717, 1.165) is 18.7 Å². The number of aromatic hydroxyl groups is 1. The fourth-order valence-electron chi connectivity index (χ4n) is 1.61. The van der Waals surface area contributed by atoms with Gasteiger partial charge in [-0.15, -0.1) is 0 Å². The lowest BCUT2D eigenvalue weighted by Crippen LogP contribution is -2.57. The maximum Gasteiger partial charge on any atom is 0.118 e. The molecule has 3 heteroatoms. The summed E-state index contributed by atoms with van der Waals surface area (Å²) in [6, 6.07) is 7.23. The minimum atomic E-state index is -0.223. The average Bonchev–Trinajstić information content (AvgIpc) is 2.03. The Balaban J connectivity index is 2.33. The van der Waals surface area contributed by atoms with E-state index in [1.807, 2.05) is 12.1 Å². The molecule has 0 unspecified atom stereocenters. The van der Waals surface area contributed by atoms with Gasteiger partial charge in [-0.05, 0) is 17.7 Å². The topological polar surface area (TPSA) is 41.5 Å². The Morgan fingerprint density at radius 1 is 1.46 bits per heavy atom. The van der Waals surface area contributed by atoms with Gasteiger partial charge < -0.3 is 15.2 Å². The van der Waals surface area contributed by atoms with Crippen molar-refractivity contribution >= 4 is 0 Å². The largest absolute Gasteiger partial charge is 0.508 e. The summed E-state index contributed by atoms with van der Waals surface area (Å²) < 4.78 is 5.44. The molecular formula is C10H13NO2. The van der Waals surface area contributed by atoms with Crippen molar-refractivity contribution in [2.45, 2.75) is 5.60 Å². The van der Waals surface area contributed by atoms with Crippen LogP contribution in [-0.2, 0) is 10.3 Å². The molecule has 0 aromatic heterocycles. The molecule has 2 rings (SSSR count). The second-order valence-electron chi connectivity index (χ2n) is 3.35. The molecule has 0 spiro atoms. The van der Waals surface area contributed by atoms with Gasteiger partial charge in [0.15, 0.2) is 0 Å². The highest BCUT2D eigenvalue weighted by atomic mass is 16.5. The Labute approximate surface area is 77.3 Å². The molecule has 0 atom stereocenters. The number of hydrogen-bond donors (Lipinski definition) is 2. The third-order valence-corrected chi connectivity index (χ3v) is 2.58. The summed E-state index contributed by atoms with van der Waals surface area (Å²) in [4.78, 5) is 0. The van der Waals surface area contributed by atoms with Gasteiger partial charge in [-0.1, -0.05) is 12.1 Å². The highest BCUT2D eigenvalue weighted by Gasteiger charge is 2.38. The second-order valence-corrected chi connectivity index (χ2v) is 3.35. The minimum Gasteiger partial charge on any atom is -0.508 e. The van der Waals surface area contributed by atoms with E-state index in [4.69, 9.17) is 4.74 Å². The van der Waals surface area contributed by atoms with E-state index < -0.39 is 0 Å². The van der Waals surface area contributed by atoms with E-state index in [1.165, 1.54) is 0 Å². The molecule has 1 aliphatic rings. The molecule has 1 aromatic carbocycles. The van der Waals surface area contributed by atoms with Crippen molar-refractivity contribution in [2.24, 2.45) is 0 Å². The summed E-state index contributed by atoms with van der Waals surface area (Å²) in [5, 5.41) is 12.5. The van der Waals surface area contributed by atoms with E-state index >= 15 is 0 Å². The molecule has 0 radical (unpaired) electrons. The smallest absolute Gasteiger partial charge is 0.118 e. The molecule has 13 heavy (non-hydrogen) atoms. The lowest BCUT2D eigenvalue weighted by atomic mass is 9.88. The van der Waals surface area contributed by atoms with Crippen LogP contribution in [0.5, 0.6) is 5.75 Å². The third-order valence-electron chi connectivity index (χ3n) is 2.58. The molecule has 1 heterocycles. The predicted octanol–water partition coefficient (Wildman–Crippen LogP) is 0.837. The first kappa shape index (κ1) is 8.53. The molecule has 0 saturated carbocycles. The van der Waals surface area contributed by atoms with Crippen molar-refractivity contribution in [3.05, 3.63) is 29.8 Å². The molecule has 1 saturated heterocycles. The molecule has 1 fully saturated rings. The molecule has 2 N–H and O–H groups in total. The Hall–Kier alpha value is -1.06. The fourth-order valence-corrected chi connectivity index (χ4v) is 1.61. The molecule has 0 aliphatic carbocycles. The maximum absolute atomic E-state index is 9.32. The van der Waals surface area contributed by atoms with E-state index in [1.54, 1.807) is 19.2 Å². The summed E-state index contributed by atoms with van der Waals surface area (Å²) in [7, 11) is 1.70. The first-order valence-electron chi connectivity index (χ1n) is 4.32. The lowest BCUT2D eigenvalue weighted by molar-refractivity contribution is -0.0566. The van der Waals surface area contributed by atoms with Gasteiger partial charge in [-0.2, -0.15) is 0 Å². The maximum atomic E-state index is 9.32. The van der Waals surface area contributed by atoms with Crippen LogP contribution in [0.1, 0.15) is 5.56 Å². The number of hydrogen-bond acceptors (Lipinski definition) is 3. The number of rotatable bonds is 2. The van der Waals surface area contributed by atoms with Crippen molar-refractivity contribution in [1.82, 2.24) is 5.32 Å². The van der Waals surface area contributed by atoms with Gasteiger partial charge in [0.1, 0.15) is 11.4 Å². The van der Waals surface area contributed by atoms with E-state index in [2.05, 4.69) is 5.32 Å². The molecule has 0 bridgehead atoms. The van der Waals surface area contributed by atoms with Crippen molar-refractivity contribution < 1.29 is 9.84 Å². The van der Waals surface area contributed by atoms with Gasteiger partial charge >= 0.3 is 0 Å². The summed E-state index contributed by atoms with van der Waals surface area (Å²) in [5.41, 5.74) is 0.812. The van der Waals surface area contributed by atoms with Gasteiger partial charge in [-0.25, -0.2) is 0 Å². The predicted molar refractivity (Wildman–Crippen MR) is 49.7 cm³/mol. The van der Waals surface area contributed by atoms with Gasteiger partial charge in [0.25, 0.3) is 0 Å². The molecule has 70 valence electrons. The summed E-state index contributed by atoms with van der Waals surface area (Å²) in [5.74, 6) is 0.292. The van der Waals surface area contributed by atoms with Crippen molar-refractivity contribution in [3.63, 3.8) is 0 Å². The van der Waals surface area contributed by atoms with Crippen LogP contribution < -0.4 is 5.32 Å². The molecule has 1 aromatic rings. The quantitative estimate of drug-likeness (QED) is 0.706. The van der Waals surface area contributed by atoms with Gasteiger partial charge in [0.2, 0.25) is 0 Å². The van der Waals surface area contributed by atoms with Gasteiger partial charge in [0, 0.05) is 20.2 Å². The standard InChI is InChI=1S/C10H13NO2/c1-13-10(6-11-7-10)8-3-2-4-9(12)5-8/h2-5,11-12H,6-7H2,1H3. The van der Waals surface area contributed by atoms with E-state index in [0.29, 0.717) is 5.75 Å². The van der Waals surface area contributed by atoms with E-state index in [-0.39, 0.29) is 5.60 Å². The zero-order chi connectivity index (χ0) is 9.31. The molecular weight excluding hydrogens is 166 g/mol. The number of benzene rings is 1. The van der Waals surface area contributed by atoms with Crippen LogP contribution in [-0.4, -0.2) is 25.3 Å². The number of nitrogens with one attached hydrogen (secondary N) is 1. The Kier molecular flexibility index (Phi) is 1.98. The molecule has 3 nitrogen and oxygen atoms in total. The number of methoxy groups -OCH3 is 1. The van der Waals surface area contributed by atoms with Crippen LogP contribution in [0, 0.1) is 0 Å². The summed E-state index contributed by atoms with van der Waals surface area (Å²) >= 11 is 0. The Morgan fingerprint density at radius 2 is 2.23 bits per heavy atom. The normalized spacial score (nSPS) is 19.5. The lowest BCUT2D eigenvalue weighted by Gasteiger charge is -2.41. The highest BCUT2D eigenvalue weighted by molar-refractivity contribution is 5.33. The van der Waals surface area contributed by atoms with Crippen LogP contribution in [0.3, 0.4) is 0 Å². The van der Waals surface area contributed by atoms with Crippen LogP contribution in [0.4, 0.5) is 0 Å². The average molecular weight is 179 g/mol. The number of ether oxygens (including phenoxy) is 1. The second kappa shape index (κ2) is 3.01. The van der Waals surface area contributed by atoms with E-state index in [9.17, 15) is 5.11 Å². The van der Waals surface area contributed by atoms with Gasteiger partial charge in [0.05, 0.1) is 0 Å². The minimum absolute atomic E-state index is 0.223. The Morgan fingerprint density at radius 3 is 2.69 bits per heavy atom. The zero-order valence-electron chi connectivity index (χ0n) is 7.58. The highest BCUT2D eigenvalue weighted by Crippen LogP contribution is 2.30. The van der Waals surface area contributed by atoms with Crippen molar-refractivity contribution in [1.29, 1.82) is 0 Å². The van der Waals surface area contributed by atoms with Crippen LogP contribution in [0.15, 0.2) is 24.3 Å². The summed E-state index contributed by atoms with van der Waals surface area (Å²) in [6.07, 6.45) is 0. The third kappa shape index (κ3) is 1.30. The van der Waals surface area contributed by atoms with Crippen LogP contribution in [0.2, 0.25) is 0 Å². The first-order chi connectivity index (χ1) is 6.27. The summed E-state index contributed by atoms with van der Waals surface area (Å²) in [6.45, 7) is 1.62. The first-order valence-corrected chi connectivity index (χ1v) is 4.32. The Bertz CT molecular complexity index is 302. The number of phenols is 1.